The van der Waals surface area contributed by atoms with Gasteiger partial charge in [-0.2, -0.15) is 22.8 Å². The second kappa shape index (κ2) is 4.79. The highest BCUT2D eigenvalue weighted by molar-refractivity contribution is 5.40. The molecule has 0 unspecified atom stereocenters. The van der Waals surface area contributed by atoms with Crippen molar-refractivity contribution in [1.29, 1.82) is 0 Å². The quantitative estimate of drug-likeness (QED) is 0.930. The molecule has 2 aromatic rings. The highest BCUT2D eigenvalue weighted by Gasteiger charge is 2.30. The number of halogens is 3. The van der Waals surface area contributed by atoms with Crippen molar-refractivity contribution in [3.63, 3.8) is 0 Å². The van der Waals surface area contributed by atoms with E-state index >= 15 is 0 Å². The van der Waals surface area contributed by atoms with E-state index in [4.69, 9.17) is 10.5 Å². The summed E-state index contributed by atoms with van der Waals surface area (Å²) >= 11 is 0. The molecule has 8 heteroatoms. The van der Waals surface area contributed by atoms with Crippen LogP contribution in [-0.2, 0) is 6.18 Å². The molecule has 0 saturated carbocycles. The van der Waals surface area contributed by atoms with Gasteiger partial charge in [0.1, 0.15) is 0 Å². The van der Waals surface area contributed by atoms with Gasteiger partial charge in [0.05, 0.1) is 17.9 Å². The number of nitrogens with two attached hydrogens (primary N) is 1. The fourth-order valence-electron chi connectivity index (χ4n) is 1.48. The summed E-state index contributed by atoms with van der Waals surface area (Å²) in [5.41, 5.74) is 5.26. The SMILES string of the molecule is CCOc1nc(N)n(-c2ccc(C(F)(F)F)cc2)n1. The van der Waals surface area contributed by atoms with E-state index in [1.807, 2.05) is 0 Å². The Morgan fingerprint density at radius 1 is 1.26 bits per heavy atom. The molecule has 0 spiro atoms. The smallest absolute Gasteiger partial charge is 0.416 e. The van der Waals surface area contributed by atoms with Crippen LogP contribution in [0, 0.1) is 0 Å². The Balaban J connectivity index is 2.32. The lowest BCUT2D eigenvalue weighted by molar-refractivity contribution is -0.137. The Labute approximate surface area is 106 Å². The van der Waals surface area contributed by atoms with E-state index in [9.17, 15) is 13.2 Å². The van der Waals surface area contributed by atoms with Crippen LogP contribution >= 0.6 is 0 Å². The first-order chi connectivity index (χ1) is 8.91. The lowest BCUT2D eigenvalue weighted by Gasteiger charge is -2.07. The van der Waals surface area contributed by atoms with Crippen LogP contribution in [0.1, 0.15) is 12.5 Å². The highest BCUT2D eigenvalue weighted by atomic mass is 19.4. The van der Waals surface area contributed by atoms with Gasteiger partial charge in [-0.15, -0.1) is 5.10 Å². The van der Waals surface area contributed by atoms with Crippen LogP contribution in [-0.4, -0.2) is 21.4 Å². The number of hydrogen-bond donors (Lipinski definition) is 1. The first-order valence-electron chi connectivity index (χ1n) is 5.44. The Morgan fingerprint density at radius 2 is 1.89 bits per heavy atom. The van der Waals surface area contributed by atoms with E-state index in [0.29, 0.717) is 12.3 Å². The Hall–Kier alpha value is -2.25. The Bertz CT molecular complexity index is 562. The molecule has 0 radical (unpaired) electrons. The van der Waals surface area contributed by atoms with Gasteiger partial charge < -0.3 is 10.5 Å². The van der Waals surface area contributed by atoms with Crippen molar-refractivity contribution in [3.05, 3.63) is 29.8 Å². The zero-order valence-corrected chi connectivity index (χ0v) is 9.98. The number of nitrogens with zero attached hydrogens (tertiary/aromatic N) is 3. The second-order valence-electron chi connectivity index (χ2n) is 3.64. The molecule has 2 N–H and O–H groups in total. The second-order valence-corrected chi connectivity index (χ2v) is 3.64. The first-order valence-corrected chi connectivity index (χ1v) is 5.44. The van der Waals surface area contributed by atoms with Crippen molar-refractivity contribution >= 4 is 5.95 Å². The molecule has 0 fully saturated rings. The maximum Gasteiger partial charge on any atom is 0.416 e. The number of benzene rings is 1. The summed E-state index contributed by atoms with van der Waals surface area (Å²) in [7, 11) is 0. The Morgan fingerprint density at radius 3 is 2.42 bits per heavy atom. The monoisotopic (exact) mass is 272 g/mol. The molecule has 0 aliphatic heterocycles. The molecule has 5 nitrogen and oxygen atoms in total. The maximum atomic E-state index is 12.4. The fourth-order valence-corrected chi connectivity index (χ4v) is 1.48. The van der Waals surface area contributed by atoms with Gasteiger partial charge in [0.25, 0.3) is 0 Å². The maximum absolute atomic E-state index is 12.4. The largest absolute Gasteiger partial charge is 0.463 e. The number of alkyl halides is 3. The lowest BCUT2D eigenvalue weighted by atomic mass is 10.2. The van der Waals surface area contributed by atoms with Crippen molar-refractivity contribution in [2.24, 2.45) is 0 Å². The van der Waals surface area contributed by atoms with Crippen LogP contribution in [0.5, 0.6) is 6.01 Å². The summed E-state index contributed by atoms with van der Waals surface area (Å²) < 4.78 is 43.6. The average molecular weight is 272 g/mol. The first kappa shape index (κ1) is 13.2. The van der Waals surface area contributed by atoms with Gasteiger partial charge in [-0.25, -0.2) is 0 Å². The van der Waals surface area contributed by atoms with Crippen LogP contribution in [0.2, 0.25) is 0 Å². The zero-order valence-electron chi connectivity index (χ0n) is 9.98. The summed E-state index contributed by atoms with van der Waals surface area (Å²) in [5, 5.41) is 3.94. The topological polar surface area (TPSA) is 66.0 Å². The molecule has 2 rings (SSSR count). The molecule has 0 aliphatic carbocycles. The van der Waals surface area contributed by atoms with Gasteiger partial charge in [-0.05, 0) is 31.2 Å². The molecule has 19 heavy (non-hydrogen) atoms. The molecule has 0 amide bonds. The molecule has 0 atom stereocenters. The average Bonchev–Trinajstić information content (AvgIpc) is 2.70. The molecule has 1 aromatic heterocycles. The molecule has 0 bridgehead atoms. The van der Waals surface area contributed by atoms with Crippen LogP contribution in [0.15, 0.2) is 24.3 Å². The number of anilines is 1. The molecule has 102 valence electrons. The number of nitrogen functional groups attached to an aromatic ring is 1. The predicted octanol–water partition coefficient (Wildman–Crippen LogP) is 2.27. The van der Waals surface area contributed by atoms with E-state index in [1.54, 1.807) is 6.92 Å². The number of rotatable bonds is 3. The molecule has 1 heterocycles. The summed E-state index contributed by atoms with van der Waals surface area (Å²) in [5.74, 6) is 0.0446. The standard InChI is InChI=1S/C11H11F3N4O/c1-2-19-10-16-9(15)18(17-10)8-5-3-7(4-6-8)11(12,13)14/h3-6H,2H2,1H3,(H2,15,16,17). The third kappa shape index (κ3) is 2.78. The Kier molecular flexibility index (Phi) is 3.32. The summed E-state index contributed by atoms with van der Waals surface area (Å²) in [6.07, 6.45) is -4.37. The minimum atomic E-state index is -4.37. The van der Waals surface area contributed by atoms with Crippen LogP contribution in [0.4, 0.5) is 19.1 Å². The van der Waals surface area contributed by atoms with E-state index in [2.05, 4.69) is 10.1 Å². The fraction of sp³-hybridized carbons (Fsp3) is 0.273. The number of aromatic nitrogens is 3. The number of hydrogen-bond acceptors (Lipinski definition) is 4. The van der Waals surface area contributed by atoms with Gasteiger partial charge in [0.15, 0.2) is 0 Å². The van der Waals surface area contributed by atoms with E-state index in [-0.39, 0.29) is 12.0 Å². The normalized spacial score (nSPS) is 11.6. The van der Waals surface area contributed by atoms with Crippen molar-refractivity contribution in [1.82, 2.24) is 14.8 Å². The highest BCUT2D eigenvalue weighted by Crippen LogP contribution is 2.29. The van der Waals surface area contributed by atoms with Gasteiger partial charge >= 0.3 is 12.2 Å². The summed E-state index contributed by atoms with van der Waals surface area (Å²) in [6, 6.07) is 4.53. The van der Waals surface area contributed by atoms with Crippen molar-refractivity contribution in [3.8, 4) is 11.7 Å². The van der Waals surface area contributed by atoms with E-state index in [0.717, 1.165) is 12.1 Å². The van der Waals surface area contributed by atoms with Crippen LogP contribution in [0.3, 0.4) is 0 Å². The third-order valence-corrected chi connectivity index (χ3v) is 2.33. The lowest BCUT2D eigenvalue weighted by Crippen LogP contribution is -2.06. The molecule has 1 aromatic carbocycles. The van der Waals surface area contributed by atoms with Gasteiger partial charge in [-0.1, -0.05) is 0 Å². The zero-order chi connectivity index (χ0) is 14.0. The van der Waals surface area contributed by atoms with Gasteiger partial charge in [0, 0.05) is 0 Å². The van der Waals surface area contributed by atoms with Gasteiger partial charge in [0.2, 0.25) is 5.95 Å². The van der Waals surface area contributed by atoms with Gasteiger partial charge in [-0.3, -0.25) is 0 Å². The number of ether oxygens (including phenoxy) is 1. The molecule has 0 aliphatic rings. The van der Waals surface area contributed by atoms with Crippen molar-refractivity contribution in [2.45, 2.75) is 13.1 Å². The minimum Gasteiger partial charge on any atom is -0.463 e. The van der Waals surface area contributed by atoms with E-state index < -0.39 is 11.7 Å². The molecular formula is C11H11F3N4O. The van der Waals surface area contributed by atoms with Crippen LogP contribution in [0.25, 0.3) is 5.69 Å². The van der Waals surface area contributed by atoms with E-state index in [1.165, 1.54) is 16.8 Å². The minimum absolute atomic E-state index is 0.0446. The summed E-state index contributed by atoms with van der Waals surface area (Å²) in [6.45, 7) is 2.13. The third-order valence-electron chi connectivity index (χ3n) is 2.33. The van der Waals surface area contributed by atoms with Crippen molar-refractivity contribution in [2.75, 3.05) is 12.3 Å². The summed E-state index contributed by atoms with van der Waals surface area (Å²) in [4.78, 5) is 3.83. The predicted molar refractivity (Wildman–Crippen MR) is 61.9 cm³/mol. The molecular weight excluding hydrogens is 261 g/mol. The van der Waals surface area contributed by atoms with Crippen LogP contribution < -0.4 is 10.5 Å². The van der Waals surface area contributed by atoms with Crippen molar-refractivity contribution < 1.29 is 17.9 Å². The molecule has 0 saturated heterocycles.